The Hall–Kier alpha value is -1.61. The molecular weight excluding hydrogens is 202 g/mol. The first-order valence-electron chi connectivity index (χ1n) is 5.40. The number of carbonyl (C=O) groups excluding carboxylic acids is 1. The van der Waals surface area contributed by atoms with E-state index in [-0.39, 0.29) is 5.91 Å². The average Bonchev–Trinajstić information content (AvgIpc) is 2.35. The molecule has 0 fully saturated rings. The van der Waals surface area contributed by atoms with Crippen molar-refractivity contribution >= 4 is 5.91 Å². The minimum atomic E-state index is -0.131. The van der Waals surface area contributed by atoms with Gasteiger partial charge in [-0.25, -0.2) is 5.06 Å². The summed E-state index contributed by atoms with van der Waals surface area (Å²) < 4.78 is 0. The second kappa shape index (κ2) is 6.80. The van der Waals surface area contributed by atoms with Crippen LogP contribution in [0.15, 0.2) is 43.0 Å². The van der Waals surface area contributed by atoms with Gasteiger partial charge in [0, 0.05) is 5.56 Å². The molecule has 1 rings (SSSR count). The summed E-state index contributed by atoms with van der Waals surface area (Å²) in [6, 6.07) is 9.08. The molecule has 0 saturated carbocycles. The third-order valence-corrected chi connectivity index (χ3v) is 1.99. The molecule has 0 aliphatic carbocycles. The molecule has 3 nitrogen and oxygen atoms in total. The molecule has 0 aliphatic rings. The Labute approximate surface area is 96.3 Å². The Morgan fingerprint density at radius 3 is 2.69 bits per heavy atom. The molecule has 3 heteroatoms. The summed E-state index contributed by atoms with van der Waals surface area (Å²) >= 11 is 0. The monoisotopic (exact) mass is 219 g/mol. The fourth-order valence-electron chi connectivity index (χ4n) is 1.24. The van der Waals surface area contributed by atoms with Crippen LogP contribution in [0.4, 0.5) is 0 Å². The molecule has 0 bridgehead atoms. The molecule has 0 N–H and O–H groups in total. The average molecular weight is 219 g/mol. The van der Waals surface area contributed by atoms with E-state index in [9.17, 15) is 4.79 Å². The standard InChI is InChI=1S/C13H17NO2/c1-3-10-14(16-11-4-2)13(15)12-8-6-5-7-9-12/h3,5-9H,1,4,10-11H2,2H3. The Kier molecular flexibility index (Phi) is 5.29. The van der Waals surface area contributed by atoms with Crippen molar-refractivity contribution < 1.29 is 9.63 Å². The maximum atomic E-state index is 12.0. The van der Waals surface area contributed by atoms with Crippen LogP contribution in [0.1, 0.15) is 23.7 Å². The second-order valence-corrected chi connectivity index (χ2v) is 3.35. The number of benzene rings is 1. The van der Waals surface area contributed by atoms with Crippen molar-refractivity contribution in [2.45, 2.75) is 13.3 Å². The van der Waals surface area contributed by atoms with Crippen molar-refractivity contribution in [3.05, 3.63) is 48.6 Å². The van der Waals surface area contributed by atoms with Gasteiger partial charge in [0.05, 0.1) is 13.2 Å². The smallest absolute Gasteiger partial charge is 0.270 e. The van der Waals surface area contributed by atoms with Crippen LogP contribution in [0.25, 0.3) is 0 Å². The van der Waals surface area contributed by atoms with Gasteiger partial charge in [-0.05, 0) is 18.6 Å². The van der Waals surface area contributed by atoms with E-state index in [1.165, 1.54) is 5.06 Å². The summed E-state index contributed by atoms with van der Waals surface area (Å²) in [4.78, 5) is 17.4. The number of hydrogen-bond acceptors (Lipinski definition) is 2. The van der Waals surface area contributed by atoms with Crippen molar-refractivity contribution in [3.63, 3.8) is 0 Å². The van der Waals surface area contributed by atoms with Crippen LogP contribution in [0.5, 0.6) is 0 Å². The molecule has 16 heavy (non-hydrogen) atoms. The minimum Gasteiger partial charge on any atom is -0.270 e. The van der Waals surface area contributed by atoms with Gasteiger partial charge in [0.2, 0.25) is 0 Å². The first-order valence-corrected chi connectivity index (χ1v) is 5.40. The summed E-state index contributed by atoms with van der Waals surface area (Å²) in [5.74, 6) is -0.131. The number of hydrogen-bond donors (Lipinski definition) is 0. The van der Waals surface area contributed by atoms with Crippen molar-refractivity contribution in [1.82, 2.24) is 5.06 Å². The second-order valence-electron chi connectivity index (χ2n) is 3.35. The molecule has 0 heterocycles. The van der Waals surface area contributed by atoms with Gasteiger partial charge in [0.1, 0.15) is 0 Å². The van der Waals surface area contributed by atoms with E-state index < -0.39 is 0 Å². The fourth-order valence-corrected chi connectivity index (χ4v) is 1.24. The molecule has 0 atom stereocenters. The Balaban J connectivity index is 2.70. The van der Waals surface area contributed by atoms with Gasteiger partial charge >= 0.3 is 0 Å². The lowest BCUT2D eigenvalue weighted by Gasteiger charge is -2.20. The summed E-state index contributed by atoms with van der Waals surface area (Å²) in [7, 11) is 0. The van der Waals surface area contributed by atoms with E-state index >= 15 is 0 Å². The van der Waals surface area contributed by atoms with E-state index in [1.807, 2.05) is 25.1 Å². The highest BCUT2D eigenvalue weighted by Crippen LogP contribution is 2.05. The highest BCUT2D eigenvalue weighted by molar-refractivity contribution is 5.93. The molecular formula is C13H17NO2. The van der Waals surface area contributed by atoms with Crippen molar-refractivity contribution in [2.24, 2.45) is 0 Å². The molecule has 0 radical (unpaired) electrons. The van der Waals surface area contributed by atoms with Gasteiger partial charge in [-0.2, -0.15) is 0 Å². The van der Waals surface area contributed by atoms with Crippen LogP contribution in [0, 0.1) is 0 Å². The first kappa shape index (κ1) is 12.5. The molecule has 1 aromatic carbocycles. The third kappa shape index (κ3) is 3.51. The predicted molar refractivity (Wildman–Crippen MR) is 63.9 cm³/mol. The summed E-state index contributed by atoms with van der Waals surface area (Å²) in [6.45, 7) is 6.54. The number of amides is 1. The SMILES string of the molecule is C=CCN(OCCC)C(=O)c1ccccc1. The third-order valence-electron chi connectivity index (χ3n) is 1.99. The summed E-state index contributed by atoms with van der Waals surface area (Å²) in [5, 5.41) is 1.34. The van der Waals surface area contributed by atoms with Gasteiger partial charge in [0.15, 0.2) is 0 Å². The van der Waals surface area contributed by atoms with Crippen LogP contribution >= 0.6 is 0 Å². The molecule has 0 saturated heterocycles. The van der Waals surface area contributed by atoms with Crippen LogP contribution in [0.3, 0.4) is 0 Å². The lowest BCUT2D eigenvalue weighted by Crippen LogP contribution is -2.31. The molecule has 0 spiro atoms. The highest BCUT2D eigenvalue weighted by Gasteiger charge is 2.14. The van der Waals surface area contributed by atoms with Gasteiger partial charge in [-0.15, -0.1) is 6.58 Å². The summed E-state index contributed by atoms with van der Waals surface area (Å²) in [5.41, 5.74) is 0.625. The highest BCUT2D eigenvalue weighted by atomic mass is 16.7. The number of hydroxylamine groups is 2. The maximum Gasteiger partial charge on any atom is 0.277 e. The molecule has 0 aliphatic heterocycles. The molecule has 86 valence electrons. The lowest BCUT2D eigenvalue weighted by molar-refractivity contribution is -0.116. The van der Waals surface area contributed by atoms with E-state index in [0.29, 0.717) is 18.7 Å². The van der Waals surface area contributed by atoms with Gasteiger partial charge in [-0.3, -0.25) is 9.63 Å². The van der Waals surface area contributed by atoms with E-state index in [4.69, 9.17) is 4.84 Å². The quantitative estimate of drug-likeness (QED) is 0.543. The number of rotatable bonds is 6. The Morgan fingerprint density at radius 2 is 2.12 bits per heavy atom. The Morgan fingerprint density at radius 1 is 1.44 bits per heavy atom. The largest absolute Gasteiger partial charge is 0.277 e. The topological polar surface area (TPSA) is 29.5 Å². The van der Waals surface area contributed by atoms with Crippen LogP contribution < -0.4 is 0 Å². The van der Waals surface area contributed by atoms with Crippen molar-refractivity contribution in [3.8, 4) is 0 Å². The number of nitrogens with zero attached hydrogens (tertiary/aromatic N) is 1. The van der Waals surface area contributed by atoms with Crippen LogP contribution in [0.2, 0.25) is 0 Å². The van der Waals surface area contributed by atoms with E-state index in [1.54, 1.807) is 18.2 Å². The zero-order valence-corrected chi connectivity index (χ0v) is 9.56. The first-order chi connectivity index (χ1) is 7.79. The molecule has 0 unspecified atom stereocenters. The minimum absolute atomic E-state index is 0.131. The van der Waals surface area contributed by atoms with Crippen LogP contribution in [-0.4, -0.2) is 24.1 Å². The van der Waals surface area contributed by atoms with E-state index in [0.717, 1.165) is 6.42 Å². The van der Waals surface area contributed by atoms with Gasteiger partial charge in [-0.1, -0.05) is 31.2 Å². The predicted octanol–water partition coefficient (Wildman–Crippen LogP) is 2.66. The van der Waals surface area contributed by atoms with Gasteiger partial charge in [0.25, 0.3) is 5.91 Å². The molecule has 0 aromatic heterocycles. The normalized spacial score (nSPS) is 9.81. The zero-order chi connectivity index (χ0) is 11.8. The van der Waals surface area contributed by atoms with E-state index in [2.05, 4.69) is 6.58 Å². The Bertz CT molecular complexity index is 335. The molecule has 1 amide bonds. The van der Waals surface area contributed by atoms with Gasteiger partial charge < -0.3 is 0 Å². The number of carbonyl (C=O) groups is 1. The fraction of sp³-hybridized carbons (Fsp3) is 0.308. The van der Waals surface area contributed by atoms with Crippen molar-refractivity contribution in [2.75, 3.05) is 13.2 Å². The summed E-state index contributed by atoms with van der Waals surface area (Å²) in [6.07, 6.45) is 2.52. The van der Waals surface area contributed by atoms with Crippen LogP contribution in [-0.2, 0) is 4.84 Å². The molecule has 1 aromatic rings. The van der Waals surface area contributed by atoms with Crippen molar-refractivity contribution in [1.29, 1.82) is 0 Å². The maximum absolute atomic E-state index is 12.0. The lowest BCUT2D eigenvalue weighted by atomic mass is 10.2. The zero-order valence-electron chi connectivity index (χ0n) is 9.56.